The Morgan fingerprint density at radius 3 is 3.07 bits per heavy atom. The summed E-state index contributed by atoms with van der Waals surface area (Å²) < 4.78 is 6.34. The van der Waals surface area contributed by atoms with E-state index in [9.17, 15) is 5.11 Å². The number of aliphatic hydroxyl groups is 1. The van der Waals surface area contributed by atoms with Gasteiger partial charge in [-0.15, -0.1) is 0 Å². The van der Waals surface area contributed by atoms with E-state index in [4.69, 9.17) is 10.5 Å². The molecule has 3 N–H and O–H groups in total. The third-order valence-electron chi connectivity index (χ3n) is 2.37. The van der Waals surface area contributed by atoms with Gasteiger partial charge < -0.3 is 15.6 Å². The van der Waals surface area contributed by atoms with E-state index in [0.717, 1.165) is 34.4 Å². The SMILES string of the molecule is NC[C@@H](O)c1cc(Br)c2c(c1)CCO2. The Balaban J connectivity index is 2.41. The molecule has 0 unspecified atom stereocenters. The number of halogens is 1. The lowest BCUT2D eigenvalue weighted by Crippen LogP contribution is -2.11. The molecule has 0 aliphatic carbocycles. The Labute approximate surface area is 91.0 Å². The molecule has 1 heterocycles. The minimum Gasteiger partial charge on any atom is -0.492 e. The summed E-state index contributed by atoms with van der Waals surface area (Å²) in [6.07, 6.45) is 0.316. The summed E-state index contributed by atoms with van der Waals surface area (Å²) in [6, 6.07) is 3.83. The average Bonchev–Trinajstić information content (AvgIpc) is 2.64. The van der Waals surface area contributed by atoms with Crippen LogP contribution in [-0.2, 0) is 6.42 Å². The van der Waals surface area contributed by atoms with E-state index in [1.54, 1.807) is 0 Å². The Kier molecular flexibility index (Phi) is 2.76. The van der Waals surface area contributed by atoms with Gasteiger partial charge in [0.2, 0.25) is 0 Å². The fourth-order valence-corrected chi connectivity index (χ4v) is 2.25. The molecule has 1 aliphatic heterocycles. The van der Waals surface area contributed by atoms with Gasteiger partial charge in [0.05, 0.1) is 17.2 Å². The fraction of sp³-hybridized carbons (Fsp3) is 0.400. The molecule has 1 aromatic rings. The number of fused-ring (bicyclic) bond motifs is 1. The zero-order valence-electron chi connectivity index (χ0n) is 7.66. The molecule has 3 nitrogen and oxygen atoms in total. The van der Waals surface area contributed by atoms with E-state index in [0.29, 0.717) is 0 Å². The Hall–Kier alpha value is -0.580. The first-order valence-electron chi connectivity index (χ1n) is 4.55. The second-order valence-electron chi connectivity index (χ2n) is 3.34. The summed E-state index contributed by atoms with van der Waals surface area (Å²) in [5.74, 6) is 0.901. The van der Waals surface area contributed by atoms with Gasteiger partial charge in [-0.25, -0.2) is 0 Å². The highest BCUT2D eigenvalue weighted by atomic mass is 79.9. The lowest BCUT2D eigenvalue weighted by atomic mass is 10.0. The van der Waals surface area contributed by atoms with Gasteiger partial charge in [-0.05, 0) is 39.2 Å². The van der Waals surface area contributed by atoms with Crippen molar-refractivity contribution < 1.29 is 9.84 Å². The van der Waals surface area contributed by atoms with E-state index < -0.39 is 6.10 Å². The first-order valence-corrected chi connectivity index (χ1v) is 5.35. The van der Waals surface area contributed by atoms with Gasteiger partial charge in [0, 0.05) is 13.0 Å². The molecule has 0 aromatic heterocycles. The number of rotatable bonds is 2. The maximum Gasteiger partial charge on any atom is 0.136 e. The first kappa shape index (κ1) is 9.96. The van der Waals surface area contributed by atoms with Crippen molar-refractivity contribution in [1.29, 1.82) is 0 Å². The molecule has 0 amide bonds. The minimum atomic E-state index is -0.586. The zero-order valence-corrected chi connectivity index (χ0v) is 9.25. The maximum absolute atomic E-state index is 9.60. The highest BCUT2D eigenvalue weighted by Gasteiger charge is 2.18. The molecule has 1 atom stereocenters. The molecule has 0 spiro atoms. The summed E-state index contributed by atoms with van der Waals surface area (Å²) in [7, 11) is 0. The van der Waals surface area contributed by atoms with E-state index in [1.807, 2.05) is 12.1 Å². The third kappa shape index (κ3) is 1.65. The summed E-state index contributed by atoms with van der Waals surface area (Å²) in [4.78, 5) is 0. The van der Waals surface area contributed by atoms with Gasteiger partial charge in [-0.1, -0.05) is 0 Å². The van der Waals surface area contributed by atoms with Crippen molar-refractivity contribution in [3.05, 3.63) is 27.7 Å². The molecule has 0 saturated heterocycles. The molecule has 14 heavy (non-hydrogen) atoms. The third-order valence-corrected chi connectivity index (χ3v) is 2.96. The monoisotopic (exact) mass is 257 g/mol. The minimum absolute atomic E-state index is 0.242. The number of nitrogens with two attached hydrogens (primary N) is 1. The number of ether oxygens (including phenoxy) is 1. The topological polar surface area (TPSA) is 55.5 Å². The number of hydrogen-bond acceptors (Lipinski definition) is 3. The molecule has 4 heteroatoms. The first-order chi connectivity index (χ1) is 6.72. The van der Waals surface area contributed by atoms with E-state index >= 15 is 0 Å². The summed E-state index contributed by atoms with van der Waals surface area (Å²) >= 11 is 3.42. The molecular formula is C10H12BrNO2. The standard InChI is InChI=1S/C10H12BrNO2/c11-8-4-7(9(13)5-12)3-6-1-2-14-10(6)8/h3-4,9,13H,1-2,5,12H2/t9-/m1/s1. The number of aliphatic hydroxyl groups excluding tert-OH is 1. The average molecular weight is 258 g/mol. The van der Waals surface area contributed by atoms with Crippen molar-refractivity contribution in [2.24, 2.45) is 5.73 Å². The second-order valence-corrected chi connectivity index (χ2v) is 4.20. The lowest BCUT2D eigenvalue weighted by Gasteiger charge is -2.10. The molecule has 1 aliphatic rings. The van der Waals surface area contributed by atoms with Crippen LogP contribution in [0.25, 0.3) is 0 Å². The molecule has 2 rings (SSSR count). The molecule has 0 bridgehead atoms. The largest absolute Gasteiger partial charge is 0.492 e. The van der Waals surface area contributed by atoms with Crippen molar-refractivity contribution >= 4 is 15.9 Å². The van der Waals surface area contributed by atoms with Gasteiger partial charge in [0.15, 0.2) is 0 Å². The highest BCUT2D eigenvalue weighted by molar-refractivity contribution is 9.10. The van der Waals surface area contributed by atoms with Crippen LogP contribution in [-0.4, -0.2) is 18.3 Å². The van der Waals surface area contributed by atoms with E-state index in [1.165, 1.54) is 0 Å². The smallest absolute Gasteiger partial charge is 0.136 e. The summed E-state index contributed by atoms with van der Waals surface area (Å²) in [5.41, 5.74) is 7.39. The predicted molar refractivity (Wildman–Crippen MR) is 57.4 cm³/mol. The lowest BCUT2D eigenvalue weighted by molar-refractivity contribution is 0.186. The second kappa shape index (κ2) is 3.88. The van der Waals surface area contributed by atoms with E-state index in [-0.39, 0.29) is 6.54 Å². The molecular weight excluding hydrogens is 246 g/mol. The molecule has 0 radical (unpaired) electrons. The highest BCUT2D eigenvalue weighted by Crippen LogP contribution is 2.36. The quantitative estimate of drug-likeness (QED) is 0.842. The van der Waals surface area contributed by atoms with Crippen molar-refractivity contribution in [2.75, 3.05) is 13.2 Å². The van der Waals surface area contributed by atoms with Crippen LogP contribution in [0.15, 0.2) is 16.6 Å². The van der Waals surface area contributed by atoms with Gasteiger partial charge >= 0.3 is 0 Å². The molecule has 0 fully saturated rings. The predicted octanol–water partition coefficient (Wildman–Crippen LogP) is 1.38. The normalized spacial score (nSPS) is 16.2. The van der Waals surface area contributed by atoms with Crippen molar-refractivity contribution in [1.82, 2.24) is 0 Å². The van der Waals surface area contributed by atoms with E-state index in [2.05, 4.69) is 15.9 Å². The Morgan fingerprint density at radius 2 is 2.36 bits per heavy atom. The van der Waals surface area contributed by atoms with Crippen molar-refractivity contribution in [2.45, 2.75) is 12.5 Å². The Bertz CT molecular complexity index is 354. The molecule has 76 valence electrons. The molecule has 0 saturated carbocycles. The van der Waals surface area contributed by atoms with Gasteiger partial charge in [0.1, 0.15) is 5.75 Å². The van der Waals surface area contributed by atoms with Crippen LogP contribution in [0, 0.1) is 0 Å². The van der Waals surface area contributed by atoms with Crippen molar-refractivity contribution in [3.63, 3.8) is 0 Å². The summed E-state index contributed by atoms with van der Waals surface area (Å²) in [6.45, 7) is 0.961. The van der Waals surface area contributed by atoms with Crippen LogP contribution in [0.2, 0.25) is 0 Å². The van der Waals surface area contributed by atoms with Crippen LogP contribution >= 0.6 is 15.9 Å². The fourth-order valence-electron chi connectivity index (χ4n) is 1.61. The van der Waals surface area contributed by atoms with Crippen LogP contribution in [0.1, 0.15) is 17.2 Å². The van der Waals surface area contributed by atoms with Gasteiger partial charge in [-0.2, -0.15) is 0 Å². The Morgan fingerprint density at radius 1 is 1.57 bits per heavy atom. The van der Waals surface area contributed by atoms with Crippen LogP contribution in [0.3, 0.4) is 0 Å². The van der Waals surface area contributed by atoms with Gasteiger partial charge in [-0.3, -0.25) is 0 Å². The molecule has 1 aromatic carbocycles. The zero-order chi connectivity index (χ0) is 10.1. The van der Waals surface area contributed by atoms with Crippen LogP contribution in [0.4, 0.5) is 0 Å². The number of benzene rings is 1. The van der Waals surface area contributed by atoms with Gasteiger partial charge in [0.25, 0.3) is 0 Å². The maximum atomic E-state index is 9.60. The summed E-state index contributed by atoms with van der Waals surface area (Å²) in [5, 5.41) is 9.60. The van der Waals surface area contributed by atoms with Crippen LogP contribution < -0.4 is 10.5 Å². The number of hydrogen-bond donors (Lipinski definition) is 2. The van der Waals surface area contributed by atoms with Crippen molar-refractivity contribution in [3.8, 4) is 5.75 Å². The van der Waals surface area contributed by atoms with Crippen LogP contribution in [0.5, 0.6) is 5.75 Å².